The van der Waals surface area contributed by atoms with Crippen LogP contribution in [0.1, 0.15) is 0 Å². The molecule has 0 aliphatic carbocycles. The highest BCUT2D eigenvalue weighted by Gasteiger charge is 2.21. The number of nitro benzene ring substituents is 1. The lowest BCUT2D eigenvalue weighted by Gasteiger charge is -2.07. The number of nitrogen functional groups attached to an aromatic ring is 1. The van der Waals surface area contributed by atoms with E-state index in [1.807, 2.05) is 0 Å². The van der Waals surface area contributed by atoms with Gasteiger partial charge in [0.15, 0.2) is 0 Å². The lowest BCUT2D eigenvalue weighted by Crippen LogP contribution is -2.14. The molecule has 1 heterocycles. The molecule has 2 rings (SSSR count). The maximum Gasteiger partial charge on any atom is 0.295 e. The minimum absolute atomic E-state index is 0.0142. The zero-order valence-corrected chi connectivity index (χ0v) is 11.7. The molecule has 0 spiro atoms. The maximum absolute atomic E-state index is 12.2. The standard InChI is InChI=1S/C10H12N6O4S/c1-15-6-7(5-12-15)14-21(19,20)8-2-3-9(13-11)10(4-8)16(17)18/h2-6,13-14H,11H2,1H3. The van der Waals surface area contributed by atoms with E-state index >= 15 is 0 Å². The minimum atomic E-state index is -3.96. The molecule has 21 heavy (non-hydrogen) atoms. The third kappa shape index (κ3) is 3.09. The van der Waals surface area contributed by atoms with Crippen molar-refractivity contribution in [1.29, 1.82) is 0 Å². The molecule has 0 fully saturated rings. The molecule has 112 valence electrons. The average Bonchev–Trinajstić information content (AvgIpc) is 2.82. The summed E-state index contributed by atoms with van der Waals surface area (Å²) in [4.78, 5) is 9.93. The first-order valence-electron chi connectivity index (χ1n) is 5.60. The van der Waals surface area contributed by atoms with Crippen LogP contribution >= 0.6 is 0 Å². The van der Waals surface area contributed by atoms with Gasteiger partial charge in [-0.3, -0.25) is 25.4 Å². The molecule has 2 aromatic rings. The van der Waals surface area contributed by atoms with E-state index in [0.717, 1.165) is 6.07 Å². The van der Waals surface area contributed by atoms with Gasteiger partial charge in [-0.2, -0.15) is 5.10 Å². The molecule has 0 saturated heterocycles. The average molecular weight is 312 g/mol. The summed E-state index contributed by atoms with van der Waals surface area (Å²) in [6.07, 6.45) is 2.78. The van der Waals surface area contributed by atoms with Crippen LogP contribution < -0.4 is 16.0 Å². The second kappa shape index (κ2) is 5.38. The fourth-order valence-corrected chi connectivity index (χ4v) is 2.69. The van der Waals surface area contributed by atoms with Gasteiger partial charge in [-0.15, -0.1) is 0 Å². The van der Waals surface area contributed by atoms with E-state index in [2.05, 4.69) is 15.2 Å². The first-order chi connectivity index (χ1) is 9.83. The summed E-state index contributed by atoms with van der Waals surface area (Å²) in [5.41, 5.74) is 1.97. The molecule has 0 radical (unpaired) electrons. The number of sulfonamides is 1. The molecule has 0 aliphatic heterocycles. The van der Waals surface area contributed by atoms with Crippen LogP contribution in [0.3, 0.4) is 0 Å². The normalized spacial score (nSPS) is 11.1. The Morgan fingerprint density at radius 1 is 1.43 bits per heavy atom. The predicted molar refractivity (Wildman–Crippen MR) is 74.9 cm³/mol. The first kappa shape index (κ1) is 14.7. The Balaban J connectivity index is 2.40. The summed E-state index contributed by atoms with van der Waals surface area (Å²) in [5.74, 6) is 5.14. The first-order valence-corrected chi connectivity index (χ1v) is 7.08. The highest BCUT2D eigenvalue weighted by molar-refractivity contribution is 7.92. The van der Waals surface area contributed by atoms with Crippen molar-refractivity contribution in [3.63, 3.8) is 0 Å². The zero-order valence-electron chi connectivity index (χ0n) is 10.8. The van der Waals surface area contributed by atoms with Gasteiger partial charge in [0.05, 0.1) is 21.7 Å². The molecule has 1 aromatic carbocycles. The summed E-state index contributed by atoms with van der Waals surface area (Å²) in [5, 5.41) is 14.7. The number of aromatic nitrogens is 2. The van der Waals surface area contributed by atoms with Gasteiger partial charge < -0.3 is 5.43 Å². The predicted octanol–water partition coefficient (Wildman–Crippen LogP) is 0.415. The largest absolute Gasteiger partial charge is 0.318 e. The van der Waals surface area contributed by atoms with Gasteiger partial charge in [0.1, 0.15) is 5.69 Å². The van der Waals surface area contributed by atoms with Crippen molar-refractivity contribution in [3.8, 4) is 0 Å². The van der Waals surface area contributed by atoms with Crippen molar-refractivity contribution < 1.29 is 13.3 Å². The van der Waals surface area contributed by atoms with Gasteiger partial charge in [-0.05, 0) is 12.1 Å². The highest BCUT2D eigenvalue weighted by Crippen LogP contribution is 2.27. The lowest BCUT2D eigenvalue weighted by molar-refractivity contribution is -0.384. The van der Waals surface area contributed by atoms with Crippen LogP contribution in [0.4, 0.5) is 17.1 Å². The lowest BCUT2D eigenvalue weighted by atomic mass is 10.3. The van der Waals surface area contributed by atoms with Gasteiger partial charge in [-0.1, -0.05) is 0 Å². The number of nitrogens with zero attached hydrogens (tertiary/aromatic N) is 3. The number of hydrogen-bond donors (Lipinski definition) is 3. The zero-order chi connectivity index (χ0) is 15.6. The second-order valence-corrected chi connectivity index (χ2v) is 5.77. The second-order valence-electron chi connectivity index (χ2n) is 4.09. The smallest absolute Gasteiger partial charge is 0.295 e. The SMILES string of the molecule is Cn1cc(NS(=O)(=O)c2ccc(NN)c([N+](=O)[O-])c2)cn1. The summed E-state index contributed by atoms with van der Waals surface area (Å²) in [6.45, 7) is 0. The van der Waals surface area contributed by atoms with E-state index < -0.39 is 20.6 Å². The van der Waals surface area contributed by atoms with E-state index in [9.17, 15) is 18.5 Å². The molecule has 0 atom stereocenters. The van der Waals surface area contributed by atoms with Gasteiger partial charge in [0, 0.05) is 19.3 Å². The Morgan fingerprint density at radius 3 is 2.67 bits per heavy atom. The van der Waals surface area contributed by atoms with E-state index in [1.165, 1.54) is 29.2 Å². The number of anilines is 2. The van der Waals surface area contributed by atoms with Crippen molar-refractivity contribution in [2.75, 3.05) is 10.1 Å². The minimum Gasteiger partial charge on any atom is -0.318 e. The Morgan fingerprint density at radius 2 is 2.14 bits per heavy atom. The van der Waals surface area contributed by atoms with Gasteiger partial charge in [0.2, 0.25) is 0 Å². The molecule has 1 aromatic heterocycles. The fraction of sp³-hybridized carbons (Fsp3) is 0.100. The van der Waals surface area contributed by atoms with Crippen molar-refractivity contribution in [2.45, 2.75) is 4.90 Å². The monoisotopic (exact) mass is 312 g/mol. The van der Waals surface area contributed by atoms with Crippen LogP contribution in [0, 0.1) is 10.1 Å². The number of nitro groups is 1. The van der Waals surface area contributed by atoms with Crippen LogP contribution in [0.2, 0.25) is 0 Å². The van der Waals surface area contributed by atoms with Crippen molar-refractivity contribution in [2.24, 2.45) is 12.9 Å². The molecule has 0 unspecified atom stereocenters. The van der Waals surface area contributed by atoms with Crippen LogP contribution in [0.15, 0.2) is 35.5 Å². The number of rotatable bonds is 5. The molecule has 4 N–H and O–H groups in total. The Kier molecular flexibility index (Phi) is 3.78. The van der Waals surface area contributed by atoms with Crippen molar-refractivity contribution in [3.05, 3.63) is 40.7 Å². The summed E-state index contributed by atoms with van der Waals surface area (Å²) >= 11 is 0. The van der Waals surface area contributed by atoms with Crippen molar-refractivity contribution >= 4 is 27.1 Å². The number of hydrogen-bond acceptors (Lipinski definition) is 7. The fourth-order valence-electron chi connectivity index (χ4n) is 1.64. The molecule has 0 bridgehead atoms. The van der Waals surface area contributed by atoms with Crippen LogP contribution in [0.25, 0.3) is 0 Å². The number of nitrogens with two attached hydrogens (primary N) is 1. The number of nitrogens with one attached hydrogen (secondary N) is 2. The molecule has 0 aliphatic rings. The number of hydrazine groups is 1. The van der Waals surface area contributed by atoms with Crippen LogP contribution in [-0.4, -0.2) is 23.1 Å². The molecule has 10 nitrogen and oxygen atoms in total. The van der Waals surface area contributed by atoms with E-state index in [1.54, 1.807) is 7.05 Å². The van der Waals surface area contributed by atoms with Gasteiger partial charge >= 0.3 is 0 Å². The summed E-state index contributed by atoms with van der Waals surface area (Å²) < 4.78 is 28.0. The Hall–Kier alpha value is -2.66. The highest BCUT2D eigenvalue weighted by atomic mass is 32.2. The molecule has 11 heteroatoms. The van der Waals surface area contributed by atoms with Crippen molar-refractivity contribution in [1.82, 2.24) is 9.78 Å². The summed E-state index contributed by atoms with van der Waals surface area (Å²) in [6, 6.07) is 3.35. The summed E-state index contributed by atoms with van der Waals surface area (Å²) in [7, 11) is -2.33. The van der Waals surface area contributed by atoms with Crippen LogP contribution in [0.5, 0.6) is 0 Å². The molecular weight excluding hydrogens is 300 g/mol. The van der Waals surface area contributed by atoms with Crippen LogP contribution in [-0.2, 0) is 17.1 Å². The third-order valence-corrected chi connectivity index (χ3v) is 3.97. The maximum atomic E-state index is 12.2. The Bertz CT molecular complexity index is 785. The number of aryl methyl sites for hydroxylation is 1. The van der Waals surface area contributed by atoms with E-state index in [0.29, 0.717) is 0 Å². The van der Waals surface area contributed by atoms with E-state index in [-0.39, 0.29) is 16.3 Å². The number of benzene rings is 1. The quantitative estimate of drug-likeness (QED) is 0.412. The third-order valence-electron chi connectivity index (χ3n) is 2.59. The molecule has 0 saturated carbocycles. The molecular formula is C10H12N6O4S. The molecule has 0 amide bonds. The van der Waals surface area contributed by atoms with Gasteiger partial charge in [0.25, 0.3) is 15.7 Å². The van der Waals surface area contributed by atoms with Gasteiger partial charge in [-0.25, -0.2) is 8.42 Å². The van der Waals surface area contributed by atoms with E-state index in [4.69, 9.17) is 5.84 Å². The topological polar surface area (TPSA) is 145 Å². The Labute approximate surface area is 119 Å².